The molecule has 0 saturated carbocycles. The average Bonchev–Trinajstić information content (AvgIpc) is 2.29. The largest absolute Gasteiger partial charge is 0.384 e. The highest BCUT2D eigenvalue weighted by atomic mass is 14.9. The zero-order chi connectivity index (χ0) is 9.38. The van der Waals surface area contributed by atoms with E-state index in [1.807, 2.05) is 12.3 Å². The third-order valence-corrected chi connectivity index (χ3v) is 2.78. The lowest BCUT2D eigenvalue weighted by molar-refractivity contribution is 0.829. The molecule has 0 saturated heterocycles. The predicted molar refractivity (Wildman–Crippen MR) is 58.6 cm³/mol. The number of nitrogens with one attached hydrogen (secondary N) is 1. The molecule has 2 heteroatoms. The molecular formula is C12H12N2. The molecule has 0 fully saturated rings. The molecular weight excluding hydrogens is 172 g/mol. The van der Waals surface area contributed by atoms with E-state index in [0.717, 1.165) is 18.5 Å². The van der Waals surface area contributed by atoms with Gasteiger partial charge in [-0.3, -0.25) is 4.98 Å². The first-order chi connectivity index (χ1) is 6.95. The molecule has 2 aromatic rings. The number of nitrogens with zero attached hydrogens (tertiary/aromatic N) is 1. The predicted octanol–water partition coefficient (Wildman–Crippen LogP) is 2.59. The molecule has 0 spiro atoms. The SMILES string of the molecule is c1ccc2c3c(cnc2c1)CCCN3. The normalized spacial score (nSPS) is 14.9. The fraction of sp³-hybridized carbons (Fsp3) is 0.250. The summed E-state index contributed by atoms with van der Waals surface area (Å²) in [6, 6.07) is 8.30. The Labute approximate surface area is 83.0 Å². The van der Waals surface area contributed by atoms with Crippen LogP contribution in [0.2, 0.25) is 0 Å². The zero-order valence-corrected chi connectivity index (χ0v) is 7.96. The van der Waals surface area contributed by atoms with Crippen LogP contribution < -0.4 is 5.32 Å². The molecule has 2 heterocycles. The van der Waals surface area contributed by atoms with Crippen molar-refractivity contribution < 1.29 is 0 Å². The van der Waals surface area contributed by atoms with Crippen LogP contribution in [-0.2, 0) is 6.42 Å². The maximum atomic E-state index is 4.45. The number of anilines is 1. The first-order valence-corrected chi connectivity index (χ1v) is 5.05. The van der Waals surface area contributed by atoms with E-state index in [4.69, 9.17) is 0 Å². The van der Waals surface area contributed by atoms with E-state index < -0.39 is 0 Å². The van der Waals surface area contributed by atoms with E-state index in [1.165, 1.54) is 23.1 Å². The van der Waals surface area contributed by atoms with Gasteiger partial charge in [-0.25, -0.2) is 0 Å². The van der Waals surface area contributed by atoms with Crippen molar-refractivity contribution >= 4 is 16.6 Å². The van der Waals surface area contributed by atoms with Crippen LogP contribution >= 0.6 is 0 Å². The molecule has 1 aromatic carbocycles. The lowest BCUT2D eigenvalue weighted by atomic mass is 10.0. The minimum Gasteiger partial charge on any atom is -0.384 e. The number of pyridine rings is 1. The van der Waals surface area contributed by atoms with Crippen molar-refractivity contribution in [3.05, 3.63) is 36.0 Å². The highest BCUT2D eigenvalue weighted by Crippen LogP contribution is 2.28. The summed E-state index contributed by atoms with van der Waals surface area (Å²) in [5, 5.41) is 4.72. The molecule has 0 amide bonds. The Kier molecular flexibility index (Phi) is 1.66. The van der Waals surface area contributed by atoms with Gasteiger partial charge in [0.1, 0.15) is 0 Å². The summed E-state index contributed by atoms with van der Waals surface area (Å²) in [6.07, 6.45) is 4.37. The molecule has 1 aliphatic rings. The number of rotatable bonds is 0. The molecule has 1 aromatic heterocycles. The Morgan fingerprint density at radius 1 is 1.21 bits per heavy atom. The van der Waals surface area contributed by atoms with E-state index in [1.54, 1.807) is 0 Å². The number of hydrogen-bond acceptors (Lipinski definition) is 2. The molecule has 0 radical (unpaired) electrons. The monoisotopic (exact) mass is 184 g/mol. The zero-order valence-electron chi connectivity index (χ0n) is 7.96. The van der Waals surface area contributed by atoms with Gasteiger partial charge in [-0.15, -0.1) is 0 Å². The third-order valence-electron chi connectivity index (χ3n) is 2.78. The topological polar surface area (TPSA) is 24.9 Å². The smallest absolute Gasteiger partial charge is 0.0722 e. The van der Waals surface area contributed by atoms with E-state index in [2.05, 4.69) is 28.5 Å². The van der Waals surface area contributed by atoms with Gasteiger partial charge in [0.25, 0.3) is 0 Å². The number of fused-ring (bicyclic) bond motifs is 3. The van der Waals surface area contributed by atoms with Crippen molar-refractivity contribution in [2.75, 3.05) is 11.9 Å². The molecule has 14 heavy (non-hydrogen) atoms. The fourth-order valence-corrected chi connectivity index (χ4v) is 2.07. The maximum absolute atomic E-state index is 4.45. The van der Waals surface area contributed by atoms with E-state index >= 15 is 0 Å². The highest BCUT2D eigenvalue weighted by molar-refractivity contribution is 5.92. The third kappa shape index (κ3) is 1.07. The summed E-state index contributed by atoms with van der Waals surface area (Å²) in [6.45, 7) is 1.08. The Bertz CT molecular complexity index is 477. The lowest BCUT2D eigenvalue weighted by Gasteiger charge is -2.19. The molecule has 70 valence electrons. The molecule has 0 unspecified atom stereocenters. The van der Waals surface area contributed by atoms with Crippen LogP contribution in [0.3, 0.4) is 0 Å². The number of para-hydroxylation sites is 1. The van der Waals surface area contributed by atoms with Crippen LogP contribution in [0.5, 0.6) is 0 Å². The number of aryl methyl sites for hydroxylation is 1. The quantitative estimate of drug-likeness (QED) is 0.680. The van der Waals surface area contributed by atoms with E-state index in [0.29, 0.717) is 0 Å². The Morgan fingerprint density at radius 3 is 3.14 bits per heavy atom. The van der Waals surface area contributed by atoms with Crippen molar-refractivity contribution in [1.82, 2.24) is 4.98 Å². The van der Waals surface area contributed by atoms with Crippen LogP contribution in [0.25, 0.3) is 10.9 Å². The van der Waals surface area contributed by atoms with Gasteiger partial charge < -0.3 is 5.32 Å². The van der Waals surface area contributed by atoms with E-state index in [9.17, 15) is 0 Å². The number of benzene rings is 1. The second-order valence-corrected chi connectivity index (χ2v) is 3.71. The summed E-state index contributed by atoms with van der Waals surface area (Å²) >= 11 is 0. The van der Waals surface area contributed by atoms with Gasteiger partial charge in [0.2, 0.25) is 0 Å². The van der Waals surface area contributed by atoms with E-state index in [-0.39, 0.29) is 0 Å². The van der Waals surface area contributed by atoms with Crippen molar-refractivity contribution in [1.29, 1.82) is 0 Å². The van der Waals surface area contributed by atoms with Gasteiger partial charge in [0.05, 0.1) is 5.52 Å². The van der Waals surface area contributed by atoms with Crippen molar-refractivity contribution in [3.8, 4) is 0 Å². The van der Waals surface area contributed by atoms with Crippen LogP contribution in [0.15, 0.2) is 30.5 Å². The number of hydrogen-bond donors (Lipinski definition) is 1. The van der Waals surface area contributed by atoms with Crippen molar-refractivity contribution in [3.63, 3.8) is 0 Å². The average molecular weight is 184 g/mol. The molecule has 0 aliphatic carbocycles. The summed E-state index contributed by atoms with van der Waals surface area (Å²) in [5.74, 6) is 0. The molecule has 3 rings (SSSR count). The molecule has 1 aliphatic heterocycles. The van der Waals surface area contributed by atoms with Crippen LogP contribution in [0, 0.1) is 0 Å². The fourth-order valence-electron chi connectivity index (χ4n) is 2.07. The molecule has 0 atom stereocenters. The summed E-state index contributed by atoms with van der Waals surface area (Å²) < 4.78 is 0. The lowest BCUT2D eigenvalue weighted by Crippen LogP contribution is -2.12. The molecule has 2 nitrogen and oxygen atoms in total. The Hall–Kier alpha value is -1.57. The van der Waals surface area contributed by atoms with Gasteiger partial charge in [-0.05, 0) is 24.5 Å². The standard InChI is InChI=1S/C12H12N2/c1-2-6-11-10(5-1)12-9(8-14-11)4-3-7-13-12/h1-2,5-6,8,13H,3-4,7H2. The minimum atomic E-state index is 1.08. The van der Waals surface area contributed by atoms with Gasteiger partial charge in [0.15, 0.2) is 0 Å². The second-order valence-electron chi connectivity index (χ2n) is 3.71. The number of aromatic nitrogens is 1. The molecule has 0 bridgehead atoms. The first kappa shape index (κ1) is 7.80. The van der Waals surface area contributed by atoms with Crippen molar-refractivity contribution in [2.24, 2.45) is 0 Å². The maximum Gasteiger partial charge on any atom is 0.0722 e. The summed E-state index contributed by atoms with van der Waals surface area (Å²) in [4.78, 5) is 4.45. The highest BCUT2D eigenvalue weighted by Gasteiger charge is 2.11. The van der Waals surface area contributed by atoms with Gasteiger partial charge in [-0.2, -0.15) is 0 Å². The summed E-state index contributed by atoms with van der Waals surface area (Å²) in [5.41, 5.74) is 3.73. The minimum absolute atomic E-state index is 1.08. The second kappa shape index (κ2) is 2.98. The Balaban J connectivity index is 2.34. The van der Waals surface area contributed by atoms with Crippen LogP contribution in [0.1, 0.15) is 12.0 Å². The van der Waals surface area contributed by atoms with Crippen molar-refractivity contribution in [2.45, 2.75) is 12.8 Å². The van der Waals surface area contributed by atoms with Gasteiger partial charge in [-0.1, -0.05) is 18.2 Å². The Morgan fingerprint density at radius 2 is 2.14 bits per heavy atom. The van der Waals surface area contributed by atoms with Crippen LogP contribution in [0.4, 0.5) is 5.69 Å². The first-order valence-electron chi connectivity index (χ1n) is 5.05. The summed E-state index contributed by atoms with van der Waals surface area (Å²) in [7, 11) is 0. The van der Waals surface area contributed by atoms with Gasteiger partial charge in [0, 0.05) is 23.8 Å². The van der Waals surface area contributed by atoms with Crippen LogP contribution in [-0.4, -0.2) is 11.5 Å². The molecule has 1 N–H and O–H groups in total. The van der Waals surface area contributed by atoms with Gasteiger partial charge >= 0.3 is 0 Å².